The summed E-state index contributed by atoms with van der Waals surface area (Å²) in [7, 11) is 0. The summed E-state index contributed by atoms with van der Waals surface area (Å²) in [4.78, 5) is 16.8. The van der Waals surface area contributed by atoms with Crippen molar-refractivity contribution in [3.8, 4) is 5.75 Å². The molecule has 6 nitrogen and oxygen atoms in total. The quantitative estimate of drug-likeness (QED) is 0.267. The van der Waals surface area contributed by atoms with E-state index in [1.54, 1.807) is 18.2 Å². The number of amidine groups is 1. The SMILES string of the molecule is N/C(=N\OC(=O)c1ccc(COc2ccc(F)cc2)o1)c1ccc(Cl)cc1Cl. The van der Waals surface area contributed by atoms with Crippen LogP contribution in [-0.2, 0) is 11.4 Å². The van der Waals surface area contributed by atoms with Crippen LogP contribution in [0.25, 0.3) is 0 Å². The minimum Gasteiger partial charge on any atom is -0.486 e. The molecule has 0 amide bonds. The van der Waals surface area contributed by atoms with E-state index in [1.807, 2.05) is 0 Å². The van der Waals surface area contributed by atoms with Gasteiger partial charge in [-0.1, -0.05) is 28.4 Å². The fourth-order valence-corrected chi connectivity index (χ4v) is 2.64. The molecule has 0 unspecified atom stereocenters. The van der Waals surface area contributed by atoms with Gasteiger partial charge in [0.25, 0.3) is 0 Å². The number of rotatable bonds is 6. The second kappa shape index (κ2) is 8.77. The lowest BCUT2D eigenvalue weighted by atomic mass is 10.2. The third kappa shape index (κ3) is 5.03. The summed E-state index contributed by atoms with van der Waals surface area (Å²) in [6.07, 6.45) is 0. The fourth-order valence-electron chi connectivity index (χ4n) is 2.13. The van der Waals surface area contributed by atoms with E-state index < -0.39 is 5.97 Å². The second-order valence-electron chi connectivity index (χ2n) is 5.49. The van der Waals surface area contributed by atoms with Crippen molar-refractivity contribution in [2.75, 3.05) is 0 Å². The number of nitrogens with two attached hydrogens (primary N) is 1. The predicted octanol–water partition coefficient (Wildman–Crippen LogP) is 4.78. The number of ether oxygens (including phenoxy) is 1. The van der Waals surface area contributed by atoms with E-state index in [1.165, 1.54) is 36.4 Å². The third-order valence-corrected chi connectivity index (χ3v) is 4.04. The van der Waals surface area contributed by atoms with Crippen LogP contribution < -0.4 is 10.5 Å². The Kier molecular flexibility index (Phi) is 6.18. The van der Waals surface area contributed by atoms with Crippen LogP contribution in [0.1, 0.15) is 21.9 Å². The zero-order chi connectivity index (χ0) is 20.1. The Labute approximate surface area is 169 Å². The number of hydrogen-bond acceptors (Lipinski definition) is 5. The number of nitrogens with zero attached hydrogens (tertiary/aromatic N) is 1. The Balaban J connectivity index is 1.59. The van der Waals surface area contributed by atoms with Crippen molar-refractivity contribution in [1.82, 2.24) is 0 Å². The van der Waals surface area contributed by atoms with Crippen LogP contribution in [0.15, 0.2) is 64.2 Å². The van der Waals surface area contributed by atoms with E-state index in [4.69, 9.17) is 42.9 Å². The van der Waals surface area contributed by atoms with Gasteiger partial charge in [-0.05, 0) is 54.6 Å². The van der Waals surface area contributed by atoms with Crippen LogP contribution >= 0.6 is 23.2 Å². The topological polar surface area (TPSA) is 87.1 Å². The van der Waals surface area contributed by atoms with Gasteiger partial charge in [0.2, 0.25) is 5.76 Å². The van der Waals surface area contributed by atoms with Crippen molar-refractivity contribution in [1.29, 1.82) is 0 Å². The highest BCUT2D eigenvalue weighted by molar-refractivity contribution is 6.36. The van der Waals surface area contributed by atoms with Crippen molar-refractivity contribution >= 4 is 35.0 Å². The highest BCUT2D eigenvalue weighted by Gasteiger charge is 2.15. The number of benzene rings is 2. The van der Waals surface area contributed by atoms with E-state index in [0.717, 1.165) is 0 Å². The van der Waals surface area contributed by atoms with Gasteiger partial charge in [0.05, 0.1) is 5.02 Å². The summed E-state index contributed by atoms with van der Waals surface area (Å²) in [5.74, 6) is -0.567. The molecule has 0 atom stereocenters. The largest absolute Gasteiger partial charge is 0.486 e. The highest BCUT2D eigenvalue weighted by atomic mass is 35.5. The highest BCUT2D eigenvalue weighted by Crippen LogP contribution is 2.21. The summed E-state index contributed by atoms with van der Waals surface area (Å²) < 4.78 is 23.6. The second-order valence-corrected chi connectivity index (χ2v) is 6.33. The number of hydrogen-bond donors (Lipinski definition) is 1. The third-order valence-electron chi connectivity index (χ3n) is 3.49. The van der Waals surface area contributed by atoms with Gasteiger partial charge in [-0.15, -0.1) is 0 Å². The molecule has 0 spiro atoms. The van der Waals surface area contributed by atoms with Crippen molar-refractivity contribution in [3.05, 3.63) is 87.5 Å². The molecule has 1 heterocycles. The van der Waals surface area contributed by atoms with Gasteiger partial charge >= 0.3 is 5.97 Å². The van der Waals surface area contributed by atoms with Gasteiger partial charge in [0.15, 0.2) is 5.84 Å². The lowest BCUT2D eigenvalue weighted by molar-refractivity contribution is 0.0475. The van der Waals surface area contributed by atoms with Crippen LogP contribution in [-0.4, -0.2) is 11.8 Å². The number of halogens is 3. The van der Waals surface area contributed by atoms with Gasteiger partial charge in [-0.3, -0.25) is 0 Å². The summed E-state index contributed by atoms with van der Waals surface area (Å²) in [6.45, 7) is 0.0463. The van der Waals surface area contributed by atoms with E-state index in [2.05, 4.69) is 5.16 Å². The molecule has 2 aromatic carbocycles. The standard InChI is InChI=1S/C19H13Cl2FN2O4/c20-11-1-7-15(16(21)9-11)18(23)24-28-19(25)17-8-6-14(27-17)10-26-13-4-2-12(22)3-5-13/h1-9H,10H2,(H2,23,24). The molecule has 1 aromatic heterocycles. The molecule has 0 aliphatic carbocycles. The monoisotopic (exact) mass is 422 g/mol. The van der Waals surface area contributed by atoms with Gasteiger partial charge in [0, 0.05) is 10.6 Å². The van der Waals surface area contributed by atoms with Crippen LogP contribution in [0.4, 0.5) is 4.39 Å². The summed E-state index contributed by atoms with van der Waals surface area (Å²) in [5.41, 5.74) is 6.14. The summed E-state index contributed by atoms with van der Waals surface area (Å²) >= 11 is 11.8. The molecule has 28 heavy (non-hydrogen) atoms. The lowest BCUT2D eigenvalue weighted by Crippen LogP contribution is -2.15. The molecular weight excluding hydrogens is 410 g/mol. The number of furan rings is 1. The first kappa shape index (κ1) is 19.7. The molecule has 9 heteroatoms. The Morgan fingerprint density at radius 3 is 2.57 bits per heavy atom. The molecule has 3 rings (SSSR count). The Bertz CT molecular complexity index is 1020. The van der Waals surface area contributed by atoms with Gasteiger partial charge < -0.3 is 19.7 Å². The molecule has 2 N–H and O–H groups in total. The minimum atomic E-state index is -0.846. The van der Waals surface area contributed by atoms with E-state index in [0.29, 0.717) is 22.1 Å². The van der Waals surface area contributed by atoms with Crippen LogP contribution in [0.3, 0.4) is 0 Å². The van der Waals surface area contributed by atoms with Crippen molar-refractivity contribution in [2.45, 2.75) is 6.61 Å². The average Bonchev–Trinajstić information content (AvgIpc) is 3.14. The first-order valence-electron chi connectivity index (χ1n) is 7.89. The number of carbonyl (C=O) groups is 1. The van der Waals surface area contributed by atoms with Gasteiger partial charge in [-0.2, -0.15) is 0 Å². The van der Waals surface area contributed by atoms with E-state index in [-0.39, 0.29) is 29.0 Å². The first-order valence-corrected chi connectivity index (χ1v) is 8.65. The van der Waals surface area contributed by atoms with Gasteiger partial charge in [0.1, 0.15) is 23.9 Å². The molecule has 0 fully saturated rings. The minimum absolute atomic E-state index is 0.0463. The maximum absolute atomic E-state index is 12.9. The summed E-state index contributed by atoms with van der Waals surface area (Å²) in [6, 6.07) is 13.1. The number of oxime groups is 1. The van der Waals surface area contributed by atoms with Crippen molar-refractivity contribution in [2.24, 2.45) is 10.9 Å². The Morgan fingerprint density at radius 2 is 1.86 bits per heavy atom. The van der Waals surface area contributed by atoms with Crippen LogP contribution in [0, 0.1) is 5.82 Å². The molecule has 0 saturated heterocycles. The van der Waals surface area contributed by atoms with Crippen molar-refractivity contribution in [3.63, 3.8) is 0 Å². The van der Waals surface area contributed by atoms with Gasteiger partial charge in [-0.25, -0.2) is 9.18 Å². The molecule has 0 saturated carbocycles. The molecular formula is C19H13Cl2FN2O4. The smallest absolute Gasteiger partial charge is 0.400 e. The maximum atomic E-state index is 12.9. The van der Waals surface area contributed by atoms with Crippen molar-refractivity contribution < 1.29 is 23.2 Å². The van der Waals surface area contributed by atoms with Crippen LogP contribution in [0.5, 0.6) is 5.75 Å². The molecule has 0 bridgehead atoms. The normalized spacial score (nSPS) is 11.3. The fraction of sp³-hybridized carbons (Fsp3) is 0.0526. The molecule has 144 valence electrons. The van der Waals surface area contributed by atoms with E-state index >= 15 is 0 Å². The molecule has 0 radical (unpaired) electrons. The maximum Gasteiger partial charge on any atom is 0.400 e. The summed E-state index contributed by atoms with van der Waals surface area (Å²) in [5, 5.41) is 4.26. The zero-order valence-corrected chi connectivity index (χ0v) is 15.7. The molecule has 3 aromatic rings. The molecule has 0 aliphatic rings. The first-order chi connectivity index (χ1) is 13.4. The van der Waals surface area contributed by atoms with Crippen LogP contribution in [0.2, 0.25) is 10.0 Å². The predicted molar refractivity (Wildman–Crippen MR) is 102 cm³/mol. The average molecular weight is 423 g/mol. The number of carbonyl (C=O) groups excluding carboxylic acids is 1. The Morgan fingerprint density at radius 1 is 1.11 bits per heavy atom. The lowest BCUT2D eigenvalue weighted by Gasteiger charge is -2.04. The van der Waals surface area contributed by atoms with E-state index in [9.17, 15) is 9.18 Å². The molecule has 0 aliphatic heterocycles. The Hall–Kier alpha value is -3.03. The zero-order valence-electron chi connectivity index (χ0n) is 14.2.